The summed E-state index contributed by atoms with van der Waals surface area (Å²) in [5, 5.41) is 14.0. The fourth-order valence-electron chi connectivity index (χ4n) is 3.96. The van der Waals surface area contributed by atoms with Gasteiger partial charge in [0.2, 0.25) is 4.77 Å². The first kappa shape index (κ1) is 21.0. The Morgan fingerprint density at radius 1 is 0.970 bits per heavy atom. The highest BCUT2D eigenvalue weighted by Crippen LogP contribution is 2.22. The maximum Gasteiger partial charge on any atom is 0.204 e. The minimum atomic E-state index is 0.603. The zero-order valence-corrected chi connectivity index (χ0v) is 18.8. The Hall–Kier alpha value is -3.87. The van der Waals surface area contributed by atoms with Gasteiger partial charge in [0, 0.05) is 56.0 Å². The van der Waals surface area contributed by atoms with E-state index in [-0.39, 0.29) is 0 Å². The van der Waals surface area contributed by atoms with E-state index in [1.165, 1.54) is 0 Å². The highest BCUT2D eigenvalue weighted by Gasteiger charge is 2.21. The smallest absolute Gasteiger partial charge is 0.204 e. The van der Waals surface area contributed by atoms with Crippen molar-refractivity contribution in [1.29, 1.82) is 5.26 Å². The van der Waals surface area contributed by atoms with Crippen LogP contribution in [0.25, 0.3) is 17.1 Å². The van der Waals surface area contributed by atoms with E-state index >= 15 is 0 Å². The molecule has 0 radical (unpaired) electrons. The van der Waals surface area contributed by atoms with Crippen LogP contribution in [0, 0.1) is 16.1 Å². The second-order valence-corrected chi connectivity index (χ2v) is 8.14. The first-order valence-corrected chi connectivity index (χ1v) is 11.1. The molecule has 4 heterocycles. The highest BCUT2D eigenvalue weighted by molar-refractivity contribution is 7.71. The third kappa shape index (κ3) is 4.39. The zero-order valence-electron chi connectivity index (χ0n) is 17.9. The minimum absolute atomic E-state index is 0.603. The van der Waals surface area contributed by atoms with Crippen molar-refractivity contribution in [2.75, 3.05) is 31.1 Å². The third-order valence-corrected chi connectivity index (χ3v) is 6.07. The summed E-state index contributed by atoms with van der Waals surface area (Å²) in [6, 6.07) is 19.7. The number of rotatable bonds is 5. The van der Waals surface area contributed by atoms with Crippen molar-refractivity contribution in [3.63, 3.8) is 0 Å². The van der Waals surface area contributed by atoms with E-state index in [0.717, 1.165) is 49.1 Å². The van der Waals surface area contributed by atoms with Gasteiger partial charge in [0.15, 0.2) is 5.82 Å². The lowest BCUT2D eigenvalue weighted by atomic mass is 10.2. The molecule has 0 saturated carbocycles. The van der Waals surface area contributed by atoms with E-state index in [4.69, 9.17) is 22.6 Å². The van der Waals surface area contributed by atoms with Gasteiger partial charge in [0.05, 0.1) is 18.3 Å². The first-order chi connectivity index (χ1) is 16.2. The summed E-state index contributed by atoms with van der Waals surface area (Å²) in [4.78, 5) is 13.2. The molecule has 164 valence electrons. The Morgan fingerprint density at radius 2 is 1.79 bits per heavy atom. The molecule has 1 aromatic carbocycles. The van der Waals surface area contributed by atoms with E-state index in [0.29, 0.717) is 17.0 Å². The Balaban J connectivity index is 1.38. The average molecular weight is 455 g/mol. The van der Waals surface area contributed by atoms with Gasteiger partial charge in [0.25, 0.3) is 0 Å². The first-order valence-electron chi connectivity index (χ1n) is 10.7. The van der Waals surface area contributed by atoms with Crippen molar-refractivity contribution in [2.45, 2.75) is 6.67 Å². The number of benzene rings is 1. The van der Waals surface area contributed by atoms with Gasteiger partial charge in [-0.25, -0.2) is 9.67 Å². The molecule has 1 aliphatic rings. The summed E-state index contributed by atoms with van der Waals surface area (Å²) in [6.45, 7) is 3.95. The summed E-state index contributed by atoms with van der Waals surface area (Å²) in [6.07, 6.45) is 5.25. The van der Waals surface area contributed by atoms with Crippen LogP contribution in [-0.2, 0) is 6.67 Å². The van der Waals surface area contributed by atoms with Gasteiger partial charge in [-0.05, 0) is 48.6 Å². The predicted molar refractivity (Wildman–Crippen MR) is 128 cm³/mol. The monoisotopic (exact) mass is 454 g/mol. The molecular formula is C24H22N8S. The number of aromatic nitrogens is 5. The summed E-state index contributed by atoms with van der Waals surface area (Å²) < 4.78 is 4.53. The summed E-state index contributed by atoms with van der Waals surface area (Å²) in [5.41, 5.74) is 2.52. The number of nitriles is 1. The summed E-state index contributed by atoms with van der Waals surface area (Å²) in [5.74, 6) is 1.62. The molecule has 0 unspecified atom stereocenters. The van der Waals surface area contributed by atoms with Crippen LogP contribution >= 0.6 is 12.2 Å². The van der Waals surface area contributed by atoms with Gasteiger partial charge in [-0.2, -0.15) is 5.26 Å². The number of nitrogens with zero attached hydrogens (tertiary/aromatic N) is 8. The second kappa shape index (κ2) is 9.32. The van der Waals surface area contributed by atoms with E-state index in [1.807, 2.05) is 64.0 Å². The normalized spacial score (nSPS) is 14.2. The maximum absolute atomic E-state index is 9.15. The Bertz CT molecular complexity index is 1330. The minimum Gasteiger partial charge on any atom is -0.354 e. The van der Waals surface area contributed by atoms with Crippen LogP contribution in [-0.4, -0.2) is 55.4 Å². The fraction of sp³-hybridized carbons (Fsp3) is 0.208. The highest BCUT2D eigenvalue weighted by atomic mass is 32.1. The van der Waals surface area contributed by atoms with Crippen LogP contribution in [0.1, 0.15) is 5.56 Å². The van der Waals surface area contributed by atoms with Crippen molar-refractivity contribution in [3.8, 4) is 23.1 Å². The van der Waals surface area contributed by atoms with Gasteiger partial charge in [-0.1, -0.05) is 18.2 Å². The summed E-state index contributed by atoms with van der Waals surface area (Å²) >= 11 is 5.86. The molecule has 33 heavy (non-hydrogen) atoms. The van der Waals surface area contributed by atoms with Crippen molar-refractivity contribution in [3.05, 3.63) is 83.5 Å². The van der Waals surface area contributed by atoms with Crippen LogP contribution in [0.2, 0.25) is 0 Å². The lowest BCUT2D eigenvalue weighted by Crippen LogP contribution is -2.47. The second-order valence-electron chi connectivity index (χ2n) is 7.78. The lowest BCUT2D eigenvalue weighted by molar-refractivity contribution is 0.194. The predicted octanol–water partition coefficient (Wildman–Crippen LogP) is 3.51. The summed E-state index contributed by atoms with van der Waals surface area (Å²) in [7, 11) is 0. The number of hydrogen-bond acceptors (Lipinski definition) is 7. The number of pyridine rings is 2. The Kier molecular flexibility index (Phi) is 5.93. The van der Waals surface area contributed by atoms with Crippen molar-refractivity contribution < 1.29 is 0 Å². The largest absolute Gasteiger partial charge is 0.354 e. The number of piperazine rings is 1. The van der Waals surface area contributed by atoms with Gasteiger partial charge in [-0.3, -0.25) is 14.5 Å². The van der Waals surface area contributed by atoms with Crippen molar-refractivity contribution in [2.24, 2.45) is 0 Å². The molecule has 0 spiro atoms. The molecule has 0 N–H and O–H groups in total. The van der Waals surface area contributed by atoms with Gasteiger partial charge in [0.1, 0.15) is 5.82 Å². The number of anilines is 1. The van der Waals surface area contributed by atoms with E-state index in [1.54, 1.807) is 18.5 Å². The molecule has 8 nitrogen and oxygen atoms in total. The third-order valence-electron chi connectivity index (χ3n) is 5.68. The molecule has 0 bridgehead atoms. The molecule has 0 aliphatic carbocycles. The molecule has 0 amide bonds. The quantitative estimate of drug-likeness (QED) is 0.427. The topological polar surface area (TPSA) is 78.8 Å². The van der Waals surface area contributed by atoms with Crippen LogP contribution in [0.5, 0.6) is 0 Å². The molecule has 1 fully saturated rings. The van der Waals surface area contributed by atoms with E-state index < -0.39 is 0 Å². The van der Waals surface area contributed by atoms with Gasteiger partial charge in [-0.15, -0.1) is 5.10 Å². The Morgan fingerprint density at radius 3 is 2.52 bits per heavy atom. The van der Waals surface area contributed by atoms with Gasteiger partial charge < -0.3 is 4.90 Å². The van der Waals surface area contributed by atoms with Crippen molar-refractivity contribution >= 4 is 18.0 Å². The van der Waals surface area contributed by atoms with Crippen molar-refractivity contribution in [1.82, 2.24) is 29.2 Å². The van der Waals surface area contributed by atoms with Crippen LogP contribution in [0.3, 0.4) is 0 Å². The van der Waals surface area contributed by atoms with Gasteiger partial charge >= 0.3 is 0 Å². The zero-order chi connectivity index (χ0) is 22.6. The SMILES string of the molecule is N#Cc1ccnc(N2CCN(Cn3nc(-c4cccnc4)n(-c4ccccc4)c3=S)CC2)c1. The van der Waals surface area contributed by atoms with Crippen LogP contribution < -0.4 is 4.90 Å². The molecule has 0 atom stereocenters. The van der Waals surface area contributed by atoms with Crippen LogP contribution in [0.4, 0.5) is 5.82 Å². The number of hydrogen-bond donors (Lipinski definition) is 0. The lowest BCUT2D eigenvalue weighted by Gasteiger charge is -2.35. The fourth-order valence-corrected chi connectivity index (χ4v) is 4.25. The van der Waals surface area contributed by atoms with E-state index in [2.05, 4.69) is 25.8 Å². The molecule has 5 rings (SSSR count). The molecule has 3 aromatic heterocycles. The van der Waals surface area contributed by atoms with Crippen LogP contribution in [0.15, 0.2) is 73.2 Å². The maximum atomic E-state index is 9.15. The molecule has 1 aliphatic heterocycles. The molecule has 1 saturated heterocycles. The molecule has 4 aromatic rings. The Labute approximate surface area is 197 Å². The number of para-hydroxylation sites is 1. The molecular weight excluding hydrogens is 432 g/mol. The molecule has 9 heteroatoms. The standard InChI is InChI=1S/C24H22N8S/c25-16-19-8-10-27-22(15-19)30-13-11-29(12-14-30)18-31-24(33)32(21-6-2-1-3-7-21)23(28-31)20-5-4-9-26-17-20/h1-10,15,17H,11-14,18H2. The van der Waals surface area contributed by atoms with E-state index in [9.17, 15) is 0 Å². The average Bonchev–Trinajstić information content (AvgIpc) is 3.21.